The number of hydrogen-bond acceptors (Lipinski definition) is 9. The lowest BCUT2D eigenvalue weighted by atomic mass is 9.92. The largest absolute Gasteiger partial charge is 0.388 e. The number of nitrogens with one attached hydrogen (secondary N) is 2. The number of carbonyl (C=O) groups is 2. The fraction of sp³-hybridized carbons (Fsp3) is 0.308. The number of halogens is 2. The zero-order valence-corrected chi connectivity index (χ0v) is 23.5. The summed E-state index contributed by atoms with van der Waals surface area (Å²) in [5, 5.41) is 37.6. The van der Waals surface area contributed by atoms with Crippen molar-refractivity contribution in [2.45, 2.75) is 37.1 Å². The van der Waals surface area contributed by atoms with Crippen molar-refractivity contribution >= 4 is 38.3 Å². The molecule has 0 saturated heterocycles. The lowest BCUT2D eigenvalue weighted by Gasteiger charge is -2.32. The molecule has 4 atom stereocenters. The Balaban J connectivity index is 1.88. The monoisotopic (exact) mass is 607 g/mol. The first-order chi connectivity index (χ1) is 19.3. The Bertz CT molecular complexity index is 1510. The zero-order chi connectivity index (χ0) is 30.3. The van der Waals surface area contributed by atoms with Crippen LogP contribution >= 0.6 is 11.3 Å². The minimum atomic E-state index is -3.67. The number of anilines is 1. The fourth-order valence-corrected chi connectivity index (χ4v) is 5.35. The molecule has 0 aliphatic rings. The lowest BCUT2D eigenvalue weighted by Crippen LogP contribution is -2.56. The third-order valence-corrected chi connectivity index (χ3v) is 8.22. The molecule has 41 heavy (non-hydrogen) atoms. The minimum Gasteiger partial charge on any atom is -0.388 e. The maximum atomic E-state index is 13.9. The van der Waals surface area contributed by atoms with E-state index in [4.69, 9.17) is 0 Å². The highest BCUT2D eigenvalue weighted by atomic mass is 32.2. The third kappa shape index (κ3) is 8.51. The van der Waals surface area contributed by atoms with Crippen LogP contribution in [0.5, 0.6) is 0 Å². The van der Waals surface area contributed by atoms with Crippen molar-refractivity contribution in [3.05, 3.63) is 82.4 Å². The van der Waals surface area contributed by atoms with E-state index in [1.807, 2.05) is 6.07 Å². The number of nitrogens with zero attached hydrogens (tertiary/aromatic N) is 3. The van der Waals surface area contributed by atoms with Crippen molar-refractivity contribution in [3.8, 4) is 6.07 Å². The molecule has 2 amide bonds. The van der Waals surface area contributed by atoms with Gasteiger partial charge < -0.3 is 20.8 Å². The van der Waals surface area contributed by atoms with Gasteiger partial charge in [-0.15, -0.1) is 11.3 Å². The Morgan fingerprint density at radius 1 is 1.05 bits per heavy atom. The van der Waals surface area contributed by atoms with Gasteiger partial charge in [0.25, 0.3) is 11.8 Å². The summed E-state index contributed by atoms with van der Waals surface area (Å²) in [4.78, 5) is 29.7. The number of hydrogen-bond donors (Lipinski definition) is 4. The van der Waals surface area contributed by atoms with Crippen molar-refractivity contribution in [2.75, 3.05) is 17.6 Å². The average molecular weight is 608 g/mol. The molecule has 0 spiro atoms. The molecular weight excluding hydrogens is 580 g/mol. The van der Waals surface area contributed by atoms with Gasteiger partial charge in [0.15, 0.2) is 5.13 Å². The Labute approximate surface area is 239 Å². The molecule has 1 heterocycles. The van der Waals surface area contributed by atoms with E-state index in [1.54, 1.807) is 18.2 Å². The summed E-state index contributed by atoms with van der Waals surface area (Å²) in [5.74, 6) is -3.33. The fourth-order valence-electron chi connectivity index (χ4n) is 3.81. The van der Waals surface area contributed by atoms with E-state index in [1.165, 1.54) is 24.6 Å². The summed E-state index contributed by atoms with van der Waals surface area (Å²) in [7, 11) is -2.42. The quantitative estimate of drug-likeness (QED) is 0.240. The SMILES string of the molecule is CN(c1nc(C(=O)N[C@@H](Cc2cc(F)cc(F)c2)[C@@H](O)[C@H](O)[C@@H](CC#N)NC(=O)c2ccccc2)cs1)S(C)(=O)=O. The molecule has 11 nitrogen and oxygen atoms in total. The normalized spacial score (nSPS) is 14.3. The number of benzene rings is 2. The maximum absolute atomic E-state index is 13.9. The molecule has 0 bridgehead atoms. The van der Waals surface area contributed by atoms with Crippen LogP contribution in [0.1, 0.15) is 32.8 Å². The number of amides is 2. The Morgan fingerprint density at radius 3 is 2.22 bits per heavy atom. The van der Waals surface area contributed by atoms with Crippen LogP contribution in [-0.2, 0) is 16.4 Å². The van der Waals surface area contributed by atoms with E-state index in [0.717, 1.165) is 34.0 Å². The number of rotatable bonds is 12. The summed E-state index contributed by atoms with van der Waals surface area (Å²) in [5.41, 5.74) is 0.0409. The van der Waals surface area contributed by atoms with Gasteiger partial charge in [0.05, 0.1) is 30.8 Å². The zero-order valence-electron chi connectivity index (χ0n) is 21.9. The van der Waals surface area contributed by atoms with Gasteiger partial charge in [-0.2, -0.15) is 5.26 Å². The van der Waals surface area contributed by atoms with Crippen LogP contribution in [0.3, 0.4) is 0 Å². The molecular formula is C26H27F2N5O6S2. The molecule has 218 valence electrons. The molecule has 4 N–H and O–H groups in total. The topological polar surface area (TPSA) is 173 Å². The van der Waals surface area contributed by atoms with Crippen LogP contribution in [0, 0.1) is 23.0 Å². The highest BCUT2D eigenvalue weighted by Crippen LogP contribution is 2.22. The van der Waals surface area contributed by atoms with Crippen LogP contribution < -0.4 is 14.9 Å². The number of aliphatic hydroxyl groups is 2. The highest BCUT2D eigenvalue weighted by molar-refractivity contribution is 7.92. The predicted octanol–water partition coefficient (Wildman–Crippen LogP) is 1.59. The van der Waals surface area contributed by atoms with Gasteiger partial charge in [0.1, 0.15) is 29.5 Å². The number of thiazole rings is 1. The Morgan fingerprint density at radius 2 is 1.63 bits per heavy atom. The van der Waals surface area contributed by atoms with E-state index < -0.39 is 64.2 Å². The molecule has 0 fully saturated rings. The van der Waals surface area contributed by atoms with Crippen LogP contribution in [0.15, 0.2) is 53.9 Å². The second kappa shape index (κ2) is 13.6. The van der Waals surface area contributed by atoms with E-state index in [9.17, 15) is 42.3 Å². The van der Waals surface area contributed by atoms with Crippen molar-refractivity contribution in [2.24, 2.45) is 0 Å². The van der Waals surface area contributed by atoms with Crippen LogP contribution in [0.4, 0.5) is 13.9 Å². The van der Waals surface area contributed by atoms with E-state index in [-0.39, 0.29) is 28.4 Å². The Hall–Kier alpha value is -3.97. The van der Waals surface area contributed by atoms with Gasteiger partial charge in [0.2, 0.25) is 10.0 Å². The van der Waals surface area contributed by atoms with Gasteiger partial charge in [0, 0.05) is 24.1 Å². The number of nitriles is 1. The molecule has 0 aliphatic carbocycles. The number of sulfonamides is 1. The van der Waals surface area contributed by atoms with E-state index in [0.29, 0.717) is 6.07 Å². The first-order valence-corrected chi connectivity index (χ1v) is 14.8. The van der Waals surface area contributed by atoms with Gasteiger partial charge in [-0.1, -0.05) is 18.2 Å². The molecule has 1 aromatic heterocycles. The summed E-state index contributed by atoms with van der Waals surface area (Å²) < 4.78 is 52.3. The smallest absolute Gasteiger partial charge is 0.271 e. The van der Waals surface area contributed by atoms with Gasteiger partial charge in [-0.25, -0.2) is 26.5 Å². The second-order valence-corrected chi connectivity index (χ2v) is 11.9. The molecule has 0 saturated carbocycles. The predicted molar refractivity (Wildman–Crippen MR) is 147 cm³/mol. The first-order valence-electron chi connectivity index (χ1n) is 12.0. The molecule has 0 unspecified atom stereocenters. The lowest BCUT2D eigenvalue weighted by molar-refractivity contribution is -0.0212. The summed E-state index contributed by atoms with van der Waals surface area (Å²) in [6.07, 6.45) is -3.50. The third-order valence-electron chi connectivity index (χ3n) is 6.02. The highest BCUT2D eigenvalue weighted by Gasteiger charge is 2.35. The van der Waals surface area contributed by atoms with Gasteiger partial charge >= 0.3 is 0 Å². The Kier molecular flexibility index (Phi) is 10.5. The van der Waals surface area contributed by atoms with Crippen molar-refractivity contribution in [1.82, 2.24) is 15.6 Å². The van der Waals surface area contributed by atoms with E-state index in [2.05, 4.69) is 15.6 Å². The van der Waals surface area contributed by atoms with Crippen LogP contribution in [0.25, 0.3) is 0 Å². The van der Waals surface area contributed by atoms with E-state index >= 15 is 0 Å². The number of aliphatic hydroxyl groups excluding tert-OH is 2. The number of aromatic nitrogens is 1. The number of carbonyl (C=O) groups excluding carboxylic acids is 2. The van der Waals surface area contributed by atoms with Crippen molar-refractivity contribution < 1.29 is 37.0 Å². The molecule has 3 rings (SSSR count). The molecule has 3 aromatic rings. The maximum Gasteiger partial charge on any atom is 0.271 e. The molecule has 0 aliphatic heterocycles. The molecule has 15 heteroatoms. The van der Waals surface area contributed by atoms with Gasteiger partial charge in [-0.05, 0) is 36.2 Å². The summed E-state index contributed by atoms with van der Waals surface area (Å²) in [6.45, 7) is 0. The minimum absolute atomic E-state index is 0.0142. The average Bonchev–Trinajstić information content (AvgIpc) is 3.41. The summed E-state index contributed by atoms with van der Waals surface area (Å²) >= 11 is 0.859. The molecule has 0 radical (unpaired) electrons. The van der Waals surface area contributed by atoms with Gasteiger partial charge in [-0.3, -0.25) is 9.59 Å². The summed E-state index contributed by atoms with van der Waals surface area (Å²) in [6, 6.07) is 9.66. The standard InChI is InChI=1S/C26H27F2N5O6S2/c1-33(41(2,38)39)26-32-21(14-40-26)25(37)31-20(12-15-10-17(27)13-18(28)11-15)23(35)22(34)19(8-9-29)30-24(36)16-6-4-3-5-7-16/h3-7,10-11,13-14,19-20,22-23,34-35H,8,12H2,1-2H3,(H,30,36)(H,31,37)/t19-,20+,22-,23-/m1/s1. The second-order valence-electron chi connectivity index (χ2n) is 9.10. The van der Waals surface area contributed by atoms with Crippen molar-refractivity contribution in [3.63, 3.8) is 0 Å². The van der Waals surface area contributed by atoms with Crippen LogP contribution in [0.2, 0.25) is 0 Å². The molecule has 2 aromatic carbocycles. The first kappa shape index (κ1) is 31.6. The van der Waals surface area contributed by atoms with Crippen LogP contribution in [-0.4, -0.2) is 73.0 Å². The van der Waals surface area contributed by atoms with Crippen molar-refractivity contribution in [1.29, 1.82) is 5.26 Å².